The van der Waals surface area contributed by atoms with Crippen molar-refractivity contribution in [1.29, 1.82) is 0 Å². The average Bonchev–Trinajstić information content (AvgIpc) is 2.65. The van der Waals surface area contributed by atoms with Crippen molar-refractivity contribution in [3.05, 3.63) is 71.0 Å². The van der Waals surface area contributed by atoms with E-state index in [1.807, 2.05) is 0 Å². The molecule has 0 saturated heterocycles. The fraction of sp³-hybridized carbons (Fsp3) is 0.357. The van der Waals surface area contributed by atoms with E-state index in [1.54, 1.807) is 6.33 Å². The molecular formula is C28H32N2. The predicted molar refractivity (Wildman–Crippen MR) is 129 cm³/mol. The molecule has 0 aliphatic heterocycles. The molecule has 1 heterocycles. The zero-order chi connectivity index (χ0) is 21.8. The third-order valence-corrected chi connectivity index (χ3v) is 6.00. The number of fused-ring (bicyclic) bond motifs is 3. The van der Waals surface area contributed by atoms with Gasteiger partial charge in [-0.1, -0.05) is 71.4 Å². The fourth-order valence-corrected chi connectivity index (χ4v) is 4.21. The maximum atomic E-state index is 4.73. The number of hydrogen-bond acceptors (Lipinski definition) is 2. The van der Waals surface area contributed by atoms with Crippen LogP contribution in [0.4, 0.5) is 0 Å². The highest BCUT2D eigenvalue weighted by molar-refractivity contribution is 6.10. The van der Waals surface area contributed by atoms with Crippen molar-refractivity contribution >= 4 is 21.7 Å². The summed E-state index contributed by atoms with van der Waals surface area (Å²) < 4.78 is 0. The van der Waals surface area contributed by atoms with Crippen LogP contribution in [0.1, 0.15) is 63.8 Å². The van der Waals surface area contributed by atoms with Gasteiger partial charge in [0.15, 0.2) is 0 Å². The summed E-state index contributed by atoms with van der Waals surface area (Å²) in [4.78, 5) is 9.45. The van der Waals surface area contributed by atoms with Gasteiger partial charge >= 0.3 is 0 Å². The average molecular weight is 397 g/mol. The molecular weight excluding hydrogens is 364 g/mol. The van der Waals surface area contributed by atoms with Crippen molar-refractivity contribution in [3.63, 3.8) is 0 Å². The van der Waals surface area contributed by atoms with Gasteiger partial charge in [-0.25, -0.2) is 9.97 Å². The normalized spacial score (nSPS) is 12.7. The molecule has 0 spiro atoms. The van der Waals surface area contributed by atoms with Crippen LogP contribution in [-0.4, -0.2) is 9.97 Å². The van der Waals surface area contributed by atoms with Crippen molar-refractivity contribution < 1.29 is 0 Å². The van der Waals surface area contributed by atoms with E-state index in [0.29, 0.717) is 0 Å². The highest BCUT2D eigenvalue weighted by Gasteiger charge is 2.19. The molecule has 154 valence electrons. The molecule has 0 radical (unpaired) electrons. The maximum Gasteiger partial charge on any atom is 0.116 e. The van der Waals surface area contributed by atoms with Crippen molar-refractivity contribution in [3.8, 4) is 11.3 Å². The fourth-order valence-electron chi connectivity index (χ4n) is 4.21. The standard InChI is InChI=1S/C28H32N2/c1-17-11-20(15-21(12-17)27(3,4)5)25-23-10-9-19-14-22(28(6,7)8)13-18(2)24(19)26(23)30-16-29-25/h9-16H,1-8H3. The summed E-state index contributed by atoms with van der Waals surface area (Å²) in [6, 6.07) is 15.8. The minimum atomic E-state index is 0.0935. The van der Waals surface area contributed by atoms with Gasteiger partial charge in [0.1, 0.15) is 6.33 Å². The first-order chi connectivity index (χ1) is 13.9. The summed E-state index contributed by atoms with van der Waals surface area (Å²) >= 11 is 0. The SMILES string of the molecule is Cc1cc(-c2ncnc3c2ccc2cc(C(C)(C)C)cc(C)c23)cc(C(C)(C)C)c1. The van der Waals surface area contributed by atoms with Crippen molar-refractivity contribution in [1.82, 2.24) is 9.97 Å². The summed E-state index contributed by atoms with van der Waals surface area (Å²) in [6.07, 6.45) is 1.72. The van der Waals surface area contributed by atoms with Crippen LogP contribution < -0.4 is 0 Å². The second-order valence-electron chi connectivity index (χ2n) is 10.7. The van der Waals surface area contributed by atoms with E-state index in [2.05, 4.69) is 97.9 Å². The first-order valence-electron chi connectivity index (χ1n) is 10.8. The lowest BCUT2D eigenvalue weighted by Gasteiger charge is -2.22. The molecule has 0 aliphatic rings. The minimum Gasteiger partial charge on any atom is -0.236 e. The van der Waals surface area contributed by atoms with Crippen molar-refractivity contribution in [2.24, 2.45) is 0 Å². The van der Waals surface area contributed by atoms with Gasteiger partial charge in [0, 0.05) is 16.3 Å². The molecule has 0 N–H and O–H groups in total. The molecule has 2 nitrogen and oxygen atoms in total. The van der Waals surface area contributed by atoms with Crippen molar-refractivity contribution in [2.45, 2.75) is 66.2 Å². The number of benzene rings is 3. The Balaban J connectivity index is 2.01. The monoisotopic (exact) mass is 396 g/mol. The molecule has 0 unspecified atom stereocenters. The van der Waals surface area contributed by atoms with E-state index in [-0.39, 0.29) is 10.8 Å². The molecule has 0 fully saturated rings. The lowest BCUT2D eigenvalue weighted by Crippen LogP contribution is -2.11. The molecule has 4 rings (SSSR count). The highest BCUT2D eigenvalue weighted by Crippen LogP contribution is 2.36. The molecule has 0 aliphatic carbocycles. The molecule has 0 amide bonds. The molecule has 2 heteroatoms. The van der Waals surface area contributed by atoms with Gasteiger partial charge in [0.2, 0.25) is 0 Å². The van der Waals surface area contributed by atoms with Gasteiger partial charge in [0.25, 0.3) is 0 Å². The maximum absolute atomic E-state index is 4.73. The molecule has 0 saturated carbocycles. The molecule has 4 aromatic rings. The van der Waals surface area contributed by atoms with Crippen molar-refractivity contribution in [2.75, 3.05) is 0 Å². The van der Waals surface area contributed by atoms with E-state index >= 15 is 0 Å². The van der Waals surface area contributed by atoms with Crippen LogP contribution in [0.15, 0.2) is 48.8 Å². The summed E-state index contributed by atoms with van der Waals surface area (Å²) in [5, 5.41) is 3.59. The van der Waals surface area contributed by atoms with E-state index in [1.165, 1.54) is 33.0 Å². The summed E-state index contributed by atoms with van der Waals surface area (Å²) in [5.41, 5.74) is 8.64. The van der Waals surface area contributed by atoms with Gasteiger partial charge in [-0.05, 0) is 65.0 Å². The van der Waals surface area contributed by atoms with Crippen LogP contribution in [0.5, 0.6) is 0 Å². The number of aryl methyl sites for hydroxylation is 2. The third-order valence-electron chi connectivity index (χ3n) is 6.00. The van der Waals surface area contributed by atoms with Crippen LogP contribution in [0, 0.1) is 13.8 Å². The second kappa shape index (κ2) is 6.91. The van der Waals surface area contributed by atoms with Gasteiger partial charge < -0.3 is 0 Å². The van der Waals surface area contributed by atoms with Crippen LogP contribution >= 0.6 is 0 Å². The third kappa shape index (κ3) is 3.60. The zero-order valence-electron chi connectivity index (χ0n) is 19.5. The van der Waals surface area contributed by atoms with E-state index < -0.39 is 0 Å². The number of hydrogen-bond donors (Lipinski definition) is 0. The molecule has 30 heavy (non-hydrogen) atoms. The Bertz CT molecular complexity index is 1270. The van der Waals surface area contributed by atoms with Crippen LogP contribution in [0.2, 0.25) is 0 Å². The molecule has 1 aromatic heterocycles. The Morgan fingerprint density at radius 3 is 2.03 bits per heavy atom. The quantitative estimate of drug-likeness (QED) is 0.309. The Hall–Kier alpha value is -2.74. The van der Waals surface area contributed by atoms with Gasteiger partial charge in [-0.2, -0.15) is 0 Å². The van der Waals surface area contributed by atoms with Crippen LogP contribution in [0.25, 0.3) is 32.9 Å². The van der Waals surface area contributed by atoms with Crippen LogP contribution in [0.3, 0.4) is 0 Å². The molecule has 3 aromatic carbocycles. The molecule has 0 bridgehead atoms. The second-order valence-corrected chi connectivity index (χ2v) is 10.7. The largest absolute Gasteiger partial charge is 0.236 e. The summed E-state index contributed by atoms with van der Waals surface area (Å²) in [5.74, 6) is 0. The first-order valence-corrected chi connectivity index (χ1v) is 10.8. The lowest BCUT2D eigenvalue weighted by atomic mass is 9.83. The van der Waals surface area contributed by atoms with E-state index in [0.717, 1.165) is 22.2 Å². The van der Waals surface area contributed by atoms with E-state index in [4.69, 9.17) is 9.97 Å². The van der Waals surface area contributed by atoms with Gasteiger partial charge in [-0.15, -0.1) is 0 Å². The molecule has 0 atom stereocenters. The Kier molecular flexibility index (Phi) is 4.73. The van der Waals surface area contributed by atoms with E-state index in [9.17, 15) is 0 Å². The Morgan fingerprint density at radius 1 is 0.700 bits per heavy atom. The Morgan fingerprint density at radius 2 is 1.37 bits per heavy atom. The number of aromatic nitrogens is 2. The minimum absolute atomic E-state index is 0.0935. The highest BCUT2D eigenvalue weighted by atomic mass is 14.8. The smallest absolute Gasteiger partial charge is 0.116 e. The van der Waals surface area contributed by atoms with Crippen LogP contribution in [-0.2, 0) is 10.8 Å². The topological polar surface area (TPSA) is 25.8 Å². The lowest BCUT2D eigenvalue weighted by molar-refractivity contribution is 0.590. The predicted octanol–water partition coefficient (Wildman–Crippen LogP) is 7.66. The number of nitrogens with zero attached hydrogens (tertiary/aromatic N) is 2. The first kappa shape index (κ1) is 20.5. The Labute approximate surface area is 180 Å². The van der Waals surface area contributed by atoms with Gasteiger partial charge in [-0.3, -0.25) is 0 Å². The summed E-state index contributed by atoms with van der Waals surface area (Å²) in [6.45, 7) is 17.9. The zero-order valence-corrected chi connectivity index (χ0v) is 19.5. The number of rotatable bonds is 1. The summed E-state index contributed by atoms with van der Waals surface area (Å²) in [7, 11) is 0. The van der Waals surface area contributed by atoms with Gasteiger partial charge in [0.05, 0.1) is 11.2 Å².